The van der Waals surface area contributed by atoms with Gasteiger partial charge in [0.1, 0.15) is 17.8 Å². The van der Waals surface area contributed by atoms with Gasteiger partial charge in [0.2, 0.25) is 5.79 Å². The van der Waals surface area contributed by atoms with E-state index in [-0.39, 0.29) is 65.8 Å². The second kappa shape index (κ2) is 47.2. The number of ketones is 1. The summed E-state index contributed by atoms with van der Waals surface area (Å²) >= 11 is 0. The number of Topliss-reactive ketones (excluding diaryl/α,β-unsaturated/α-hetero) is 1. The summed E-state index contributed by atoms with van der Waals surface area (Å²) in [6.45, 7) is 44.4. The second-order valence-electron chi connectivity index (χ2n) is 38.4. The highest BCUT2D eigenvalue weighted by Crippen LogP contribution is 2.46. The third-order valence-corrected chi connectivity index (χ3v) is 27.6. The number of carbonyl (C=O) groups excluding carboxylic acids is 5. The van der Waals surface area contributed by atoms with E-state index in [9.17, 15) is 29.1 Å². The van der Waals surface area contributed by atoms with E-state index in [1.165, 1.54) is 22.3 Å². The average molecular weight is 1780 g/mol. The number of aliphatic hydroxyl groups is 1. The molecule has 3 N–H and O–H groups in total. The Bertz CT molecular complexity index is 4240. The molecule has 0 saturated carbocycles. The number of hydrogen-bond donors (Lipinski definition) is 3. The fourth-order valence-electron chi connectivity index (χ4n) is 20.7. The molecular formula is C99H150N12O17. The number of rotatable bonds is 38. The highest BCUT2D eigenvalue weighted by atomic mass is 16.7. The number of ether oxygens (including phenoxy) is 11. The van der Waals surface area contributed by atoms with Crippen LogP contribution in [0.4, 0.5) is 9.59 Å². The summed E-state index contributed by atoms with van der Waals surface area (Å²) in [5.41, 5.74) is 18.5. The summed E-state index contributed by atoms with van der Waals surface area (Å²) in [5.74, 6) is -4.72. The fraction of sp³-hybridized carbons (Fsp3) is 0.687. The molecule has 4 aromatic rings. The Morgan fingerprint density at radius 3 is 1.62 bits per heavy atom. The van der Waals surface area contributed by atoms with E-state index in [2.05, 4.69) is 186 Å². The maximum absolute atomic E-state index is 14.7. The van der Waals surface area contributed by atoms with Gasteiger partial charge >= 0.3 is 24.1 Å². The smallest absolute Gasteiger partial charge is 0.410 e. The van der Waals surface area contributed by atoms with Crippen LogP contribution in [0.25, 0.3) is 20.9 Å². The highest BCUT2D eigenvalue weighted by molar-refractivity contribution is 6.00. The Labute approximate surface area is 761 Å². The topological polar surface area (TPSA) is 342 Å². The first kappa shape index (κ1) is 103. The number of cyclic esters (lactones) is 3. The van der Waals surface area contributed by atoms with Crippen molar-refractivity contribution in [1.82, 2.24) is 30.2 Å². The molecule has 128 heavy (non-hydrogen) atoms. The van der Waals surface area contributed by atoms with Gasteiger partial charge in [0, 0.05) is 138 Å². The van der Waals surface area contributed by atoms with Crippen LogP contribution < -0.4 is 10.6 Å². The lowest BCUT2D eigenvalue weighted by Crippen LogP contribution is -2.61. The van der Waals surface area contributed by atoms with E-state index in [1.54, 1.807) is 58.6 Å². The molecule has 29 nitrogen and oxygen atoms in total. The summed E-state index contributed by atoms with van der Waals surface area (Å²) in [7, 11) is 3.35. The molecule has 0 spiro atoms. The number of methoxy groups -OCH3 is 2. The summed E-state index contributed by atoms with van der Waals surface area (Å²) in [4.78, 5) is 83.3. The third-order valence-electron chi connectivity index (χ3n) is 27.6. The molecule has 0 bridgehead atoms. The first-order valence-corrected chi connectivity index (χ1v) is 46.7. The normalized spacial score (nSPS) is 31.1. The number of amides is 2. The van der Waals surface area contributed by atoms with Crippen LogP contribution in [0.2, 0.25) is 0 Å². The molecule has 6 heterocycles. The minimum Gasteiger partial charge on any atom is -0.458 e. The van der Waals surface area contributed by atoms with E-state index in [1.807, 2.05) is 79.7 Å². The molecule has 2 amide bonds. The molecule has 25 atom stereocenters. The molecule has 6 aliphatic heterocycles. The molecule has 5 saturated heterocycles. The predicted octanol–water partition coefficient (Wildman–Crippen LogP) is 17.8. The van der Waals surface area contributed by atoms with E-state index in [0.717, 1.165) is 39.0 Å². The minimum absolute atomic E-state index is 0.000680. The molecule has 0 radical (unpaired) electrons. The maximum Gasteiger partial charge on any atom is 0.410 e. The van der Waals surface area contributed by atoms with Gasteiger partial charge < -0.3 is 67.8 Å². The van der Waals surface area contributed by atoms with Crippen LogP contribution in [0, 0.1) is 41.4 Å². The molecule has 708 valence electrons. The number of fused-ring (bicyclic) bond motifs is 1. The van der Waals surface area contributed by atoms with Crippen molar-refractivity contribution in [2.45, 2.75) is 343 Å². The number of esters is 2. The lowest BCUT2D eigenvalue weighted by Gasteiger charge is -2.49. The zero-order valence-corrected chi connectivity index (χ0v) is 80.3. The van der Waals surface area contributed by atoms with Gasteiger partial charge in [0.15, 0.2) is 29.6 Å². The lowest BCUT2D eigenvalue weighted by molar-refractivity contribution is -0.287. The average Bonchev–Trinajstić information content (AvgIpc) is 1.59. The molecule has 6 unspecified atom stereocenters. The number of nitrogens with one attached hydrogen (secondary N) is 2. The Morgan fingerprint density at radius 1 is 0.664 bits per heavy atom. The molecule has 0 aliphatic carbocycles. The van der Waals surface area contributed by atoms with Crippen molar-refractivity contribution in [1.29, 1.82) is 0 Å². The largest absolute Gasteiger partial charge is 0.458 e. The Morgan fingerprint density at radius 2 is 1.15 bits per heavy atom. The quantitative estimate of drug-likeness (QED) is 0.00713. The van der Waals surface area contributed by atoms with Gasteiger partial charge in [-0.25, -0.2) is 14.4 Å². The zero-order valence-electron chi connectivity index (χ0n) is 80.3. The minimum atomic E-state index is -1.22. The standard InChI is InChI=1S/C51H78N6O9.C48H72N6O8/c1-13-42(58)51(11)44(57(48(60)66-51)27-21-20-26-54-55-52)38(7)53-30-33(2)29-50(10,61-12)45(36(5)43-37(6)46(59)65-49(8,9)64-43)63-47-35(4)41(28-34(3)62-47)56(31-39-22-16-14-17-23-39)32-40-24-18-15-19-25-40;1-11-40-48(9)42(54(46(57)62-48)25-19-18-24-51-52-49)36(7)50-28-31(2)27-47(8,58-10)43(34(5)41(55)35(6)44(56)60-40)61-45-33(4)39(26-32(3)59-45)53(29-37-20-14-12-15-21-37)30-38-22-16-13-17-23-38/h14-19,22-25,33-36,38,41-42,44-45,47,53,58H,13,20-21,26-32H2,1-12H3;12-17,20-23,31-36,39-40,42-43,45,50H,11,18-19,24-30H2,1-10H3/t33-,34?,35?,36+,38-,41?,42-,44-,45-,47+,50-,51-;31-,32?,33?,34+,35-,36-,39?,40-,42-,43-,45+,47-,48-/m11/s1. The molecule has 29 heteroatoms. The molecule has 4 aromatic carbocycles. The van der Waals surface area contributed by atoms with Crippen LogP contribution in [0.3, 0.4) is 0 Å². The van der Waals surface area contributed by atoms with Crippen LogP contribution in [0.1, 0.15) is 225 Å². The summed E-state index contributed by atoms with van der Waals surface area (Å²) < 4.78 is 71.5. The van der Waals surface area contributed by atoms with Gasteiger partial charge in [-0.3, -0.25) is 29.2 Å². The highest BCUT2D eigenvalue weighted by Gasteiger charge is 2.60. The first-order chi connectivity index (χ1) is 60.8. The van der Waals surface area contributed by atoms with Crippen molar-refractivity contribution in [3.63, 3.8) is 0 Å². The monoisotopic (exact) mass is 1780 g/mol. The number of aliphatic hydroxyl groups excluding tert-OH is 1. The van der Waals surface area contributed by atoms with Gasteiger partial charge in [-0.05, 0) is 192 Å². The van der Waals surface area contributed by atoms with Gasteiger partial charge in [-0.1, -0.05) is 187 Å². The number of unbranched alkanes of at least 4 members (excludes halogenated alkanes) is 2. The number of azide groups is 2. The Balaban J connectivity index is 0.000000290. The molecule has 5 fully saturated rings. The van der Waals surface area contributed by atoms with Crippen LogP contribution in [0.5, 0.6) is 0 Å². The van der Waals surface area contributed by atoms with Crippen molar-refractivity contribution in [3.05, 3.63) is 176 Å². The molecular weight excluding hydrogens is 1630 g/mol. The number of benzene rings is 4. The van der Waals surface area contributed by atoms with Gasteiger partial charge in [0.25, 0.3) is 0 Å². The summed E-state index contributed by atoms with van der Waals surface area (Å²) in [6.07, 6.45) is 0.151. The van der Waals surface area contributed by atoms with Crippen molar-refractivity contribution >= 4 is 29.9 Å². The molecule has 10 rings (SSSR count). The zero-order chi connectivity index (χ0) is 93.6. The van der Waals surface area contributed by atoms with Crippen molar-refractivity contribution in [2.24, 2.45) is 51.7 Å². The summed E-state index contributed by atoms with van der Waals surface area (Å²) in [6, 6.07) is 40.7. The lowest BCUT2D eigenvalue weighted by atomic mass is 9.78. The van der Waals surface area contributed by atoms with Crippen molar-refractivity contribution < 1.29 is 81.2 Å². The predicted molar refractivity (Wildman–Crippen MR) is 491 cm³/mol. The van der Waals surface area contributed by atoms with Gasteiger partial charge in [-0.15, -0.1) is 0 Å². The molecule has 6 aliphatic rings. The molecule has 0 aromatic heterocycles. The van der Waals surface area contributed by atoms with Crippen molar-refractivity contribution in [2.75, 3.05) is 53.5 Å². The fourth-order valence-corrected chi connectivity index (χ4v) is 20.7. The van der Waals surface area contributed by atoms with Crippen LogP contribution in [-0.2, 0) is 92.7 Å². The van der Waals surface area contributed by atoms with E-state index >= 15 is 0 Å². The van der Waals surface area contributed by atoms with Crippen LogP contribution >= 0.6 is 0 Å². The summed E-state index contributed by atoms with van der Waals surface area (Å²) in [5, 5.41) is 25.9. The third kappa shape index (κ3) is 26.1. The van der Waals surface area contributed by atoms with Crippen LogP contribution in [0.15, 0.2) is 143 Å². The first-order valence-electron chi connectivity index (χ1n) is 46.7. The van der Waals surface area contributed by atoms with Crippen LogP contribution in [-0.4, -0.2) is 222 Å². The number of carbonyl (C=O) groups is 5. The maximum atomic E-state index is 14.7. The SMILES string of the molecule is CC[C@@H](O)[C@@]1(C)OC(=O)N(CCCCN=[N+]=[N-])[C@@H]1[C@@H](C)NC[C@H](C)C[C@@](C)(OC)[C@H](O[C@@H]1OC(C)CC(N(Cc2ccccc2)Cc2ccccc2)C1C)[C@@H](C)C1=C(C)C(=O)OC(C)(C)O1.CC[C@H]1OC(=O)[C@H](C)C(=O)[C@H](C)[C@@H](O[C@@H]2OC(C)CC(N(Cc3ccccc3)Cc3ccccc3)C2C)[C@](C)(OC)C[C@@H](C)CN[C@H](C)[C@H]2N(CCCCN=[N+]=[N-])C(=O)O[C@]12C. The Hall–Kier alpha value is -8.25. The second-order valence-corrected chi connectivity index (χ2v) is 38.4. The van der Waals surface area contributed by atoms with Gasteiger partial charge in [-0.2, -0.15) is 0 Å². The Kier molecular flexibility index (Phi) is 38.2. The van der Waals surface area contributed by atoms with E-state index in [4.69, 9.17) is 63.2 Å². The number of hydrogen-bond acceptors (Lipinski definition) is 23. The van der Waals surface area contributed by atoms with Crippen molar-refractivity contribution in [3.8, 4) is 0 Å². The number of nitrogens with zero attached hydrogens (tertiary/aromatic N) is 10. The van der Waals surface area contributed by atoms with Gasteiger partial charge in [0.05, 0.1) is 59.4 Å². The van der Waals surface area contributed by atoms with E-state index in [0.29, 0.717) is 102 Å². The van der Waals surface area contributed by atoms with E-state index < -0.39 is 119 Å².